The van der Waals surface area contributed by atoms with Crippen LogP contribution in [0, 0.1) is 0 Å². The van der Waals surface area contributed by atoms with Crippen molar-refractivity contribution in [3.63, 3.8) is 0 Å². The van der Waals surface area contributed by atoms with Gasteiger partial charge >= 0.3 is 0 Å². The molecule has 0 fully saturated rings. The third-order valence-corrected chi connectivity index (χ3v) is 2.89. The zero-order chi connectivity index (χ0) is 13.4. The van der Waals surface area contributed by atoms with Crippen LogP contribution in [0.5, 0.6) is 0 Å². The van der Waals surface area contributed by atoms with Gasteiger partial charge in [-0.1, -0.05) is 36.4 Å². The van der Waals surface area contributed by atoms with E-state index in [0.717, 1.165) is 24.9 Å². The van der Waals surface area contributed by atoms with E-state index in [4.69, 9.17) is 5.73 Å². The van der Waals surface area contributed by atoms with Crippen LogP contribution in [-0.2, 0) is 11.2 Å². The van der Waals surface area contributed by atoms with Crippen LogP contribution in [0.15, 0.2) is 43.0 Å². The van der Waals surface area contributed by atoms with E-state index >= 15 is 0 Å². The van der Waals surface area contributed by atoms with Crippen LogP contribution in [0.3, 0.4) is 0 Å². The second kappa shape index (κ2) is 7.67. The van der Waals surface area contributed by atoms with Crippen LogP contribution in [-0.4, -0.2) is 30.4 Å². The minimum Gasteiger partial charge on any atom is -0.344 e. The number of hydrogen-bond donors (Lipinski definition) is 1. The molecular formula is C15H22N2O. The SMILES string of the molecule is C=CCCCN(C)C(=O)[C@H](N)Cc1ccccc1. The number of rotatable bonds is 7. The Kier molecular flexibility index (Phi) is 6.15. The van der Waals surface area contributed by atoms with Gasteiger partial charge in [-0.25, -0.2) is 0 Å². The first-order valence-electron chi connectivity index (χ1n) is 6.30. The average molecular weight is 246 g/mol. The summed E-state index contributed by atoms with van der Waals surface area (Å²) in [6, 6.07) is 9.40. The maximum Gasteiger partial charge on any atom is 0.239 e. The highest BCUT2D eigenvalue weighted by Gasteiger charge is 2.17. The van der Waals surface area contributed by atoms with Gasteiger partial charge in [-0.05, 0) is 24.8 Å². The molecular weight excluding hydrogens is 224 g/mol. The number of benzene rings is 1. The molecule has 0 radical (unpaired) electrons. The summed E-state index contributed by atoms with van der Waals surface area (Å²) in [5, 5.41) is 0. The molecule has 0 unspecified atom stereocenters. The number of likely N-dealkylation sites (N-methyl/N-ethyl adjacent to an activating group) is 1. The third kappa shape index (κ3) is 4.72. The molecule has 0 spiro atoms. The zero-order valence-corrected chi connectivity index (χ0v) is 11.0. The molecule has 0 bridgehead atoms. The normalized spacial score (nSPS) is 11.9. The van der Waals surface area contributed by atoms with E-state index in [2.05, 4.69) is 6.58 Å². The molecule has 3 heteroatoms. The second-order valence-corrected chi connectivity index (χ2v) is 4.49. The van der Waals surface area contributed by atoms with Gasteiger partial charge < -0.3 is 10.6 Å². The van der Waals surface area contributed by atoms with Crippen molar-refractivity contribution in [2.24, 2.45) is 5.73 Å². The van der Waals surface area contributed by atoms with Crippen molar-refractivity contribution in [2.75, 3.05) is 13.6 Å². The summed E-state index contributed by atoms with van der Waals surface area (Å²) in [7, 11) is 1.80. The third-order valence-electron chi connectivity index (χ3n) is 2.89. The number of carbonyl (C=O) groups excluding carboxylic acids is 1. The maximum absolute atomic E-state index is 12.0. The minimum atomic E-state index is -0.457. The van der Waals surface area contributed by atoms with Crippen LogP contribution >= 0.6 is 0 Å². The molecule has 0 aromatic heterocycles. The van der Waals surface area contributed by atoms with Crippen molar-refractivity contribution in [1.82, 2.24) is 4.90 Å². The molecule has 0 aliphatic rings. The highest BCUT2D eigenvalue weighted by molar-refractivity contribution is 5.81. The van der Waals surface area contributed by atoms with Crippen LogP contribution in [0.1, 0.15) is 18.4 Å². The van der Waals surface area contributed by atoms with Crippen molar-refractivity contribution in [3.05, 3.63) is 48.6 Å². The van der Waals surface area contributed by atoms with E-state index in [0.29, 0.717) is 6.42 Å². The first-order valence-corrected chi connectivity index (χ1v) is 6.30. The highest BCUT2D eigenvalue weighted by atomic mass is 16.2. The number of nitrogens with two attached hydrogens (primary N) is 1. The van der Waals surface area contributed by atoms with E-state index in [1.165, 1.54) is 0 Å². The molecule has 0 heterocycles. The number of carbonyl (C=O) groups is 1. The molecule has 1 rings (SSSR count). The number of allylic oxidation sites excluding steroid dienone is 1. The fourth-order valence-electron chi connectivity index (χ4n) is 1.82. The Morgan fingerprint density at radius 3 is 2.72 bits per heavy atom. The van der Waals surface area contributed by atoms with Crippen LogP contribution in [0.4, 0.5) is 0 Å². The molecule has 0 saturated heterocycles. The molecule has 98 valence electrons. The Hall–Kier alpha value is -1.61. The molecule has 0 aliphatic carbocycles. The molecule has 1 aromatic rings. The maximum atomic E-state index is 12.0. The lowest BCUT2D eigenvalue weighted by atomic mass is 10.1. The van der Waals surface area contributed by atoms with Gasteiger partial charge in [0.1, 0.15) is 0 Å². The number of hydrogen-bond acceptors (Lipinski definition) is 2. The largest absolute Gasteiger partial charge is 0.344 e. The Labute approximate surface area is 109 Å². The van der Waals surface area contributed by atoms with E-state index in [1.807, 2.05) is 36.4 Å². The van der Waals surface area contributed by atoms with Gasteiger partial charge in [0, 0.05) is 13.6 Å². The zero-order valence-electron chi connectivity index (χ0n) is 11.0. The van der Waals surface area contributed by atoms with E-state index < -0.39 is 6.04 Å². The summed E-state index contributed by atoms with van der Waals surface area (Å²) in [6.45, 7) is 4.39. The Bertz CT molecular complexity index is 375. The lowest BCUT2D eigenvalue weighted by Crippen LogP contribution is -2.43. The second-order valence-electron chi connectivity index (χ2n) is 4.49. The van der Waals surface area contributed by atoms with Gasteiger partial charge in [-0.2, -0.15) is 0 Å². The molecule has 1 aromatic carbocycles. The molecule has 1 atom stereocenters. The van der Waals surface area contributed by atoms with Gasteiger partial charge in [-0.15, -0.1) is 6.58 Å². The quantitative estimate of drug-likeness (QED) is 0.590. The Balaban J connectivity index is 2.43. The van der Waals surface area contributed by atoms with Gasteiger partial charge in [0.2, 0.25) is 5.91 Å². The molecule has 18 heavy (non-hydrogen) atoms. The van der Waals surface area contributed by atoms with E-state index in [9.17, 15) is 4.79 Å². The Morgan fingerprint density at radius 2 is 2.11 bits per heavy atom. The van der Waals surface area contributed by atoms with Gasteiger partial charge in [-0.3, -0.25) is 4.79 Å². The molecule has 0 saturated carbocycles. The van der Waals surface area contributed by atoms with E-state index in [1.54, 1.807) is 11.9 Å². The van der Waals surface area contributed by atoms with Gasteiger partial charge in [0.15, 0.2) is 0 Å². The number of unbranched alkanes of at least 4 members (excludes halogenated alkanes) is 1. The summed E-state index contributed by atoms with van der Waals surface area (Å²) in [4.78, 5) is 13.7. The van der Waals surface area contributed by atoms with Crippen molar-refractivity contribution in [1.29, 1.82) is 0 Å². The predicted molar refractivity (Wildman–Crippen MR) is 75.2 cm³/mol. The summed E-state index contributed by atoms with van der Waals surface area (Å²) in [6.07, 6.45) is 4.31. The first kappa shape index (κ1) is 14.5. The fourth-order valence-corrected chi connectivity index (χ4v) is 1.82. The molecule has 2 N–H and O–H groups in total. The lowest BCUT2D eigenvalue weighted by molar-refractivity contribution is -0.131. The van der Waals surface area contributed by atoms with E-state index in [-0.39, 0.29) is 5.91 Å². The topological polar surface area (TPSA) is 46.3 Å². The molecule has 1 amide bonds. The predicted octanol–water partition coefficient (Wildman–Crippen LogP) is 1.98. The lowest BCUT2D eigenvalue weighted by Gasteiger charge is -2.21. The van der Waals surface area contributed by atoms with Crippen molar-refractivity contribution < 1.29 is 4.79 Å². The van der Waals surface area contributed by atoms with Crippen LogP contribution in [0.25, 0.3) is 0 Å². The molecule has 0 aliphatic heterocycles. The van der Waals surface area contributed by atoms with Gasteiger partial charge in [0.05, 0.1) is 6.04 Å². The first-order chi connectivity index (χ1) is 8.65. The highest BCUT2D eigenvalue weighted by Crippen LogP contribution is 2.04. The monoisotopic (exact) mass is 246 g/mol. The van der Waals surface area contributed by atoms with Crippen LogP contribution in [0.2, 0.25) is 0 Å². The number of amides is 1. The average Bonchev–Trinajstić information content (AvgIpc) is 2.39. The van der Waals surface area contributed by atoms with Crippen LogP contribution < -0.4 is 5.73 Å². The summed E-state index contributed by atoms with van der Waals surface area (Å²) < 4.78 is 0. The standard InChI is InChI=1S/C15H22N2O/c1-3-4-8-11-17(2)15(18)14(16)12-13-9-6-5-7-10-13/h3,5-7,9-10,14H,1,4,8,11-12,16H2,2H3/t14-/m1/s1. The minimum absolute atomic E-state index is 0.00270. The smallest absolute Gasteiger partial charge is 0.239 e. The van der Waals surface area contributed by atoms with Gasteiger partial charge in [0.25, 0.3) is 0 Å². The fraction of sp³-hybridized carbons (Fsp3) is 0.400. The summed E-state index contributed by atoms with van der Waals surface area (Å²) in [5.74, 6) is 0.00270. The Morgan fingerprint density at radius 1 is 1.44 bits per heavy atom. The van der Waals surface area contributed by atoms with Crippen molar-refractivity contribution in [3.8, 4) is 0 Å². The summed E-state index contributed by atoms with van der Waals surface area (Å²) >= 11 is 0. The van der Waals surface area contributed by atoms with Crippen molar-refractivity contribution >= 4 is 5.91 Å². The number of nitrogens with zero attached hydrogens (tertiary/aromatic N) is 1. The summed E-state index contributed by atoms with van der Waals surface area (Å²) in [5.41, 5.74) is 7.04. The van der Waals surface area contributed by atoms with Crippen molar-refractivity contribution in [2.45, 2.75) is 25.3 Å². The molecule has 3 nitrogen and oxygen atoms in total.